The van der Waals surface area contributed by atoms with Gasteiger partial charge in [-0.05, 0) is 38.3 Å². The lowest BCUT2D eigenvalue weighted by Gasteiger charge is -2.25. The van der Waals surface area contributed by atoms with E-state index in [0.717, 1.165) is 18.4 Å². The maximum atomic E-state index is 3.85. The maximum Gasteiger partial charge on any atom is -0.00205 e. The van der Waals surface area contributed by atoms with Crippen LogP contribution in [0.15, 0.2) is 12.7 Å². The SMILES string of the molecule is C=CC[C@H](CNC)CC1CCCCC1. The first-order valence-electron chi connectivity index (χ1n) is 6.12. The van der Waals surface area contributed by atoms with Gasteiger partial charge in [0, 0.05) is 0 Å². The van der Waals surface area contributed by atoms with E-state index in [4.69, 9.17) is 0 Å². The highest BCUT2D eigenvalue weighted by Crippen LogP contribution is 2.29. The zero-order valence-electron chi connectivity index (χ0n) is 9.60. The van der Waals surface area contributed by atoms with E-state index in [-0.39, 0.29) is 0 Å². The predicted molar refractivity (Wildman–Crippen MR) is 63.4 cm³/mol. The molecule has 1 fully saturated rings. The molecular weight excluding hydrogens is 170 g/mol. The van der Waals surface area contributed by atoms with Gasteiger partial charge in [0.15, 0.2) is 0 Å². The minimum atomic E-state index is 0.820. The predicted octanol–water partition coefficient (Wildman–Crippen LogP) is 3.37. The summed E-state index contributed by atoms with van der Waals surface area (Å²) < 4.78 is 0. The van der Waals surface area contributed by atoms with Gasteiger partial charge >= 0.3 is 0 Å². The quantitative estimate of drug-likeness (QED) is 0.641. The Hall–Kier alpha value is -0.300. The molecule has 0 spiro atoms. The number of hydrogen-bond acceptors (Lipinski definition) is 1. The van der Waals surface area contributed by atoms with Crippen molar-refractivity contribution in [2.45, 2.75) is 44.9 Å². The van der Waals surface area contributed by atoms with Crippen molar-refractivity contribution in [2.24, 2.45) is 11.8 Å². The van der Waals surface area contributed by atoms with E-state index in [1.807, 2.05) is 0 Å². The van der Waals surface area contributed by atoms with E-state index in [2.05, 4.69) is 25.0 Å². The van der Waals surface area contributed by atoms with Gasteiger partial charge in [-0.15, -0.1) is 6.58 Å². The molecule has 0 bridgehead atoms. The number of hydrogen-bond donors (Lipinski definition) is 1. The average Bonchev–Trinajstić information content (AvgIpc) is 2.20. The van der Waals surface area contributed by atoms with Crippen LogP contribution in [0.25, 0.3) is 0 Å². The molecule has 0 radical (unpaired) electrons. The maximum absolute atomic E-state index is 3.85. The van der Waals surface area contributed by atoms with Gasteiger partial charge in [0.25, 0.3) is 0 Å². The monoisotopic (exact) mass is 195 g/mol. The molecule has 1 nitrogen and oxygen atoms in total. The van der Waals surface area contributed by atoms with Crippen LogP contribution in [-0.2, 0) is 0 Å². The molecule has 0 amide bonds. The molecule has 1 N–H and O–H groups in total. The summed E-state index contributed by atoms with van der Waals surface area (Å²) in [7, 11) is 2.05. The molecule has 1 aliphatic rings. The third kappa shape index (κ3) is 4.28. The first kappa shape index (κ1) is 11.8. The first-order valence-corrected chi connectivity index (χ1v) is 6.12. The lowest BCUT2D eigenvalue weighted by Crippen LogP contribution is -2.22. The van der Waals surface area contributed by atoms with E-state index < -0.39 is 0 Å². The Labute approximate surface area is 89.0 Å². The Morgan fingerprint density at radius 2 is 2.07 bits per heavy atom. The fourth-order valence-corrected chi connectivity index (χ4v) is 2.68. The van der Waals surface area contributed by atoms with Crippen molar-refractivity contribution in [2.75, 3.05) is 13.6 Å². The summed E-state index contributed by atoms with van der Waals surface area (Å²) in [6.07, 6.45) is 12.0. The number of allylic oxidation sites excluding steroid dienone is 1. The highest BCUT2D eigenvalue weighted by molar-refractivity contribution is 4.78. The van der Waals surface area contributed by atoms with Crippen molar-refractivity contribution < 1.29 is 0 Å². The molecule has 0 aromatic carbocycles. The van der Waals surface area contributed by atoms with Crippen LogP contribution in [0.5, 0.6) is 0 Å². The Bertz CT molecular complexity index is 147. The lowest BCUT2D eigenvalue weighted by atomic mass is 9.82. The van der Waals surface area contributed by atoms with E-state index in [1.54, 1.807) is 0 Å². The van der Waals surface area contributed by atoms with E-state index in [0.29, 0.717) is 0 Å². The molecule has 1 aliphatic carbocycles. The Kier molecular flexibility index (Phi) is 5.93. The molecule has 0 aromatic heterocycles. The lowest BCUT2D eigenvalue weighted by molar-refractivity contribution is 0.285. The second-order valence-electron chi connectivity index (χ2n) is 4.69. The topological polar surface area (TPSA) is 12.0 Å². The summed E-state index contributed by atoms with van der Waals surface area (Å²) in [5, 5.41) is 3.29. The van der Waals surface area contributed by atoms with Crippen LogP contribution in [0.1, 0.15) is 44.9 Å². The summed E-state index contributed by atoms with van der Waals surface area (Å²) in [5.74, 6) is 1.82. The van der Waals surface area contributed by atoms with Crippen LogP contribution >= 0.6 is 0 Å². The second-order valence-corrected chi connectivity index (χ2v) is 4.69. The summed E-state index contributed by atoms with van der Waals surface area (Å²) in [4.78, 5) is 0. The molecular formula is C13H25N. The third-order valence-electron chi connectivity index (χ3n) is 3.38. The fraction of sp³-hybridized carbons (Fsp3) is 0.846. The van der Waals surface area contributed by atoms with Crippen LogP contribution in [0.4, 0.5) is 0 Å². The van der Waals surface area contributed by atoms with Crippen molar-refractivity contribution in [3.8, 4) is 0 Å². The molecule has 0 saturated heterocycles. The minimum Gasteiger partial charge on any atom is -0.319 e. The van der Waals surface area contributed by atoms with Crippen molar-refractivity contribution in [1.82, 2.24) is 5.32 Å². The summed E-state index contributed by atoms with van der Waals surface area (Å²) in [6.45, 7) is 5.00. The van der Waals surface area contributed by atoms with Gasteiger partial charge in [-0.3, -0.25) is 0 Å². The zero-order valence-corrected chi connectivity index (χ0v) is 9.60. The van der Waals surface area contributed by atoms with Crippen molar-refractivity contribution in [1.29, 1.82) is 0 Å². The smallest absolute Gasteiger partial charge is 0.00205 e. The summed E-state index contributed by atoms with van der Waals surface area (Å²) in [6, 6.07) is 0. The van der Waals surface area contributed by atoms with Gasteiger partial charge in [0.1, 0.15) is 0 Å². The van der Waals surface area contributed by atoms with Crippen molar-refractivity contribution >= 4 is 0 Å². The van der Waals surface area contributed by atoms with Crippen LogP contribution in [0.3, 0.4) is 0 Å². The number of nitrogens with one attached hydrogen (secondary N) is 1. The summed E-state index contributed by atoms with van der Waals surface area (Å²) in [5.41, 5.74) is 0. The molecule has 0 aromatic rings. The van der Waals surface area contributed by atoms with E-state index in [9.17, 15) is 0 Å². The van der Waals surface area contributed by atoms with Gasteiger partial charge in [-0.25, -0.2) is 0 Å². The minimum absolute atomic E-state index is 0.820. The molecule has 1 rings (SSSR count). The second kappa shape index (κ2) is 7.05. The molecule has 0 aliphatic heterocycles. The van der Waals surface area contributed by atoms with Gasteiger partial charge in [0.2, 0.25) is 0 Å². The fourth-order valence-electron chi connectivity index (χ4n) is 2.68. The number of rotatable bonds is 6. The van der Waals surface area contributed by atoms with Gasteiger partial charge in [0.05, 0.1) is 0 Å². The molecule has 0 unspecified atom stereocenters. The normalized spacial score (nSPS) is 20.6. The molecule has 1 atom stereocenters. The standard InChI is InChI=1S/C13H25N/c1-3-7-13(11-14-2)10-12-8-5-4-6-9-12/h3,12-14H,1,4-11H2,2H3/t13-/m0/s1. The molecule has 82 valence electrons. The Morgan fingerprint density at radius 1 is 1.36 bits per heavy atom. The van der Waals surface area contributed by atoms with Crippen LogP contribution in [0, 0.1) is 11.8 Å². The Morgan fingerprint density at radius 3 is 2.64 bits per heavy atom. The Balaban J connectivity index is 2.25. The van der Waals surface area contributed by atoms with Crippen LogP contribution in [-0.4, -0.2) is 13.6 Å². The molecule has 14 heavy (non-hydrogen) atoms. The zero-order chi connectivity index (χ0) is 10.2. The van der Waals surface area contributed by atoms with Crippen LogP contribution in [0.2, 0.25) is 0 Å². The van der Waals surface area contributed by atoms with Gasteiger partial charge in [-0.2, -0.15) is 0 Å². The summed E-state index contributed by atoms with van der Waals surface area (Å²) >= 11 is 0. The van der Waals surface area contributed by atoms with Gasteiger partial charge in [-0.1, -0.05) is 38.2 Å². The molecule has 1 heteroatoms. The van der Waals surface area contributed by atoms with E-state index in [1.165, 1.54) is 44.9 Å². The molecule has 0 heterocycles. The highest BCUT2D eigenvalue weighted by atomic mass is 14.8. The first-order chi connectivity index (χ1) is 6.86. The highest BCUT2D eigenvalue weighted by Gasteiger charge is 2.17. The van der Waals surface area contributed by atoms with E-state index >= 15 is 0 Å². The third-order valence-corrected chi connectivity index (χ3v) is 3.38. The van der Waals surface area contributed by atoms with Gasteiger partial charge < -0.3 is 5.32 Å². The van der Waals surface area contributed by atoms with Crippen molar-refractivity contribution in [3.05, 3.63) is 12.7 Å². The molecule has 1 saturated carbocycles. The van der Waals surface area contributed by atoms with Crippen molar-refractivity contribution in [3.63, 3.8) is 0 Å². The average molecular weight is 195 g/mol. The largest absolute Gasteiger partial charge is 0.319 e. The van der Waals surface area contributed by atoms with Crippen LogP contribution < -0.4 is 5.32 Å².